The third kappa shape index (κ3) is 2.99. The van der Waals surface area contributed by atoms with Crippen LogP contribution in [0.4, 0.5) is 0 Å². The molecule has 0 radical (unpaired) electrons. The van der Waals surface area contributed by atoms with E-state index in [-0.39, 0.29) is 5.78 Å². The van der Waals surface area contributed by atoms with Crippen molar-refractivity contribution in [1.82, 2.24) is 0 Å². The summed E-state index contributed by atoms with van der Waals surface area (Å²) in [7, 11) is 0. The maximum Gasteiger partial charge on any atom is 0.162 e. The Morgan fingerprint density at radius 1 is 1.36 bits per heavy atom. The highest BCUT2D eigenvalue weighted by Gasteiger charge is 2.09. The molecule has 1 rings (SSSR count). The second-order valence-electron chi connectivity index (χ2n) is 4.02. The van der Waals surface area contributed by atoms with E-state index in [9.17, 15) is 4.79 Å². The fraction of sp³-hybridized carbons (Fsp3) is 0.462. The van der Waals surface area contributed by atoms with Gasteiger partial charge >= 0.3 is 0 Å². The smallest absolute Gasteiger partial charge is 0.162 e. The van der Waals surface area contributed by atoms with E-state index in [1.165, 1.54) is 5.57 Å². The van der Waals surface area contributed by atoms with Crippen LogP contribution in [0.2, 0.25) is 0 Å². The van der Waals surface area contributed by atoms with Gasteiger partial charge in [0.1, 0.15) is 0 Å². The first kappa shape index (κ1) is 11.0. The predicted molar refractivity (Wildman–Crippen MR) is 60.1 cm³/mol. The lowest BCUT2D eigenvalue weighted by Gasteiger charge is -2.09. The van der Waals surface area contributed by atoms with Crippen molar-refractivity contribution in [3.05, 3.63) is 34.9 Å². The molecule has 1 heteroatoms. The molecule has 0 spiro atoms. The zero-order valence-electron chi connectivity index (χ0n) is 9.26. The second kappa shape index (κ2) is 4.94. The summed E-state index contributed by atoms with van der Waals surface area (Å²) in [6.07, 6.45) is 8.97. The maximum absolute atomic E-state index is 11.7. The fourth-order valence-corrected chi connectivity index (χ4v) is 1.42. The lowest BCUT2D eigenvalue weighted by atomic mass is 9.96. The molecular weight excluding hydrogens is 172 g/mol. The van der Waals surface area contributed by atoms with E-state index >= 15 is 0 Å². The number of hydrogen-bond donors (Lipinski definition) is 0. The average Bonchev–Trinajstić information content (AvgIpc) is 2.18. The van der Waals surface area contributed by atoms with Gasteiger partial charge in [0.15, 0.2) is 5.78 Å². The van der Waals surface area contributed by atoms with Crippen molar-refractivity contribution in [3.63, 3.8) is 0 Å². The molecule has 0 N–H and O–H groups in total. The highest BCUT2D eigenvalue weighted by atomic mass is 16.1. The Balaban J connectivity index is 2.61. The van der Waals surface area contributed by atoms with Crippen LogP contribution in [0, 0.1) is 0 Å². The number of carbonyl (C=O) groups excluding carboxylic acids is 1. The van der Waals surface area contributed by atoms with Gasteiger partial charge in [-0.25, -0.2) is 0 Å². The number of Topliss-reactive ketones (excluding diaryl/α,β-unsaturated/α-hetero) is 1. The molecule has 0 amide bonds. The van der Waals surface area contributed by atoms with E-state index < -0.39 is 0 Å². The minimum absolute atomic E-state index is 0.270. The standard InChI is InChI=1S/C13H18O/c1-10(2)11(3)13(14)9-12-7-5-4-6-8-12/h4-5,7H,6,8-9H2,1-3H3. The molecule has 0 aromatic rings. The summed E-state index contributed by atoms with van der Waals surface area (Å²) in [5.74, 6) is 0.270. The summed E-state index contributed by atoms with van der Waals surface area (Å²) >= 11 is 0. The topological polar surface area (TPSA) is 17.1 Å². The molecule has 0 unspecified atom stereocenters. The van der Waals surface area contributed by atoms with E-state index in [0.717, 1.165) is 24.0 Å². The normalized spacial score (nSPS) is 14.9. The molecule has 0 bridgehead atoms. The summed E-state index contributed by atoms with van der Waals surface area (Å²) in [4.78, 5) is 11.7. The van der Waals surface area contributed by atoms with Gasteiger partial charge in [-0.15, -0.1) is 0 Å². The Hall–Kier alpha value is -1.11. The van der Waals surface area contributed by atoms with E-state index in [2.05, 4.69) is 12.2 Å². The van der Waals surface area contributed by atoms with Crippen LogP contribution in [0.15, 0.2) is 34.9 Å². The lowest BCUT2D eigenvalue weighted by molar-refractivity contribution is -0.115. The molecule has 76 valence electrons. The molecule has 1 aliphatic carbocycles. The van der Waals surface area contributed by atoms with Crippen molar-refractivity contribution >= 4 is 5.78 Å². The molecule has 0 heterocycles. The number of ketones is 1. The molecular formula is C13H18O. The quantitative estimate of drug-likeness (QED) is 0.622. The minimum atomic E-state index is 0.270. The number of allylic oxidation sites excluding steroid dienone is 6. The molecule has 0 saturated heterocycles. The van der Waals surface area contributed by atoms with E-state index in [4.69, 9.17) is 0 Å². The molecule has 0 fully saturated rings. The van der Waals surface area contributed by atoms with Gasteiger partial charge in [0, 0.05) is 6.42 Å². The van der Waals surface area contributed by atoms with Crippen LogP contribution in [0.25, 0.3) is 0 Å². The van der Waals surface area contributed by atoms with Gasteiger partial charge < -0.3 is 0 Å². The first-order chi connectivity index (χ1) is 6.61. The molecule has 1 aliphatic rings. The minimum Gasteiger partial charge on any atom is -0.294 e. The Kier molecular flexibility index (Phi) is 3.87. The zero-order valence-corrected chi connectivity index (χ0v) is 9.26. The van der Waals surface area contributed by atoms with Crippen LogP contribution in [-0.2, 0) is 4.79 Å². The maximum atomic E-state index is 11.7. The van der Waals surface area contributed by atoms with Gasteiger partial charge in [0.05, 0.1) is 0 Å². The summed E-state index contributed by atoms with van der Waals surface area (Å²) in [5.41, 5.74) is 3.31. The number of hydrogen-bond acceptors (Lipinski definition) is 1. The molecule has 1 nitrogen and oxygen atoms in total. The van der Waals surface area contributed by atoms with Gasteiger partial charge in [-0.3, -0.25) is 4.79 Å². The van der Waals surface area contributed by atoms with Gasteiger partial charge in [0.2, 0.25) is 0 Å². The predicted octanol–water partition coefficient (Wildman–Crippen LogP) is 3.58. The highest BCUT2D eigenvalue weighted by Crippen LogP contribution is 2.18. The summed E-state index contributed by atoms with van der Waals surface area (Å²) in [6, 6.07) is 0. The summed E-state index contributed by atoms with van der Waals surface area (Å²) < 4.78 is 0. The molecule has 0 saturated carbocycles. The molecule has 0 aromatic carbocycles. The summed E-state index contributed by atoms with van der Waals surface area (Å²) in [6.45, 7) is 5.89. The number of carbonyl (C=O) groups is 1. The van der Waals surface area contributed by atoms with Crippen molar-refractivity contribution < 1.29 is 4.79 Å². The Morgan fingerprint density at radius 3 is 2.57 bits per heavy atom. The van der Waals surface area contributed by atoms with Crippen molar-refractivity contribution in [2.24, 2.45) is 0 Å². The first-order valence-electron chi connectivity index (χ1n) is 5.13. The third-order valence-corrected chi connectivity index (χ3v) is 2.66. The Labute approximate surface area is 86.2 Å². The van der Waals surface area contributed by atoms with Gasteiger partial charge in [-0.2, -0.15) is 0 Å². The van der Waals surface area contributed by atoms with E-state index in [0.29, 0.717) is 6.42 Å². The van der Waals surface area contributed by atoms with E-state index in [1.807, 2.05) is 26.8 Å². The lowest BCUT2D eigenvalue weighted by Crippen LogP contribution is -2.03. The number of rotatable bonds is 3. The fourth-order valence-electron chi connectivity index (χ4n) is 1.42. The molecule has 0 atom stereocenters. The van der Waals surface area contributed by atoms with Crippen molar-refractivity contribution in [3.8, 4) is 0 Å². The average molecular weight is 190 g/mol. The SMILES string of the molecule is CC(C)=C(C)C(=O)CC1=CC=CCC1. The summed E-state index contributed by atoms with van der Waals surface area (Å²) in [5, 5.41) is 0. The molecule has 0 aliphatic heterocycles. The molecule has 0 aromatic heterocycles. The second-order valence-corrected chi connectivity index (χ2v) is 4.02. The van der Waals surface area contributed by atoms with Crippen molar-refractivity contribution in [2.75, 3.05) is 0 Å². The van der Waals surface area contributed by atoms with Crippen molar-refractivity contribution in [2.45, 2.75) is 40.0 Å². The Morgan fingerprint density at radius 2 is 2.07 bits per heavy atom. The Bertz CT molecular complexity index is 312. The van der Waals surface area contributed by atoms with Gasteiger partial charge in [-0.05, 0) is 39.2 Å². The largest absolute Gasteiger partial charge is 0.294 e. The third-order valence-electron chi connectivity index (χ3n) is 2.66. The van der Waals surface area contributed by atoms with Crippen LogP contribution in [0.1, 0.15) is 40.0 Å². The molecule has 14 heavy (non-hydrogen) atoms. The highest BCUT2D eigenvalue weighted by molar-refractivity contribution is 5.96. The zero-order chi connectivity index (χ0) is 10.6. The van der Waals surface area contributed by atoms with Crippen LogP contribution >= 0.6 is 0 Å². The van der Waals surface area contributed by atoms with Crippen LogP contribution < -0.4 is 0 Å². The first-order valence-corrected chi connectivity index (χ1v) is 5.13. The van der Waals surface area contributed by atoms with Crippen LogP contribution in [-0.4, -0.2) is 5.78 Å². The van der Waals surface area contributed by atoms with E-state index in [1.54, 1.807) is 0 Å². The monoisotopic (exact) mass is 190 g/mol. The van der Waals surface area contributed by atoms with Crippen LogP contribution in [0.3, 0.4) is 0 Å². The van der Waals surface area contributed by atoms with Gasteiger partial charge in [-0.1, -0.05) is 29.4 Å². The van der Waals surface area contributed by atoms with Gasteiger partial charge in [0.25, 0.3) is 0 Å². The van der Waals surface area contributed by atoms with Crippen LogP contribution in [0.5, 0.6) is 0 Å². The van der Waals surface area contributed by atoms with Crippen molar-refractivity contribution in [1.29, 1.82) is 0 Å².